The van der Waals surface area contributed by atoms with E-state index in [1.54, 1.807) is 37.3 Å². The van der Waals surface area contributed by atoms with Crippen molar-refractivity contribution >= 4 is 46.7 Å². The van der Waals surface area contributed by atoms with Crippen LogP contribution in [0, 0.1) is 0 Å². The number of benzene rings is 2. The normalized spacial score (nSPS) is 19.8. The van der Waals surface area contributed by atoms with Crippen molar-refractivity contribution in [2.75, 3.05) is 37.7 Å². The smallest absolute Gasteiger partial charge is 0.338 e. The van der Waals surface area contributed by atoms with E-state index in [4.69, 9.17) is 27.9 Å². The van der Waals surface area contributed by atoms with E-state index < -0.39 is 12.0 Å². The molecule has 1 atom stereocenters. The van der Waals surface area contributed by atoms with Crippen molar-refractivity contribution in [1.82, 2.24) is 9.80 Å². The first-order valence-corrected chi connectivity index (χ1v) is 11.7. The summed E-state index contributed by atoms with van der Waals surface area (Å²) in [6.45, 7) is 5.64. The molecule has 9 heteroatoms. The number of halogens is 2. The van der Waals surface area contributed by atoms with Crippen LogP contribution in [0.5, 0.6) is 0 Å². The lowest BCUT2D eigenvalue weighted by molar-refractivity contribution is -0.123. The van der Waals surface area contributed by atoms with Gasteiger partial charge in [0.25, 0.3) is 5.91 Å². The minimum absolute atomic E-state index is 0.154. The van der Waals surface area contributed by atoms with Crippen molar-refractivity contribution in [3.8, 4) is 0 Å². The summed E-state index contributed by atoms with van der Waals surface area (Å²) in [5.41, 5.74) is 1.86. The Balaban J connectivity index is 1.36. The van der Waals surface area contributed by atoms with E-state index in [2.05, 4.69) is 9.80 Å². The predicted octanol–water partition coefficient (Wildman–Crippen LogP) is 3.62. The van der Waals surface area contributed by atoms with Crippen LogP contribution in [0.1, 0.15) is 29.3 Å². The van der Waals surface area contributed by atoms with Crippen molar-refractivity contribution in [3.63, 3.8) is 0 Å². The molecular formula is C24H25Cl2N3O4. The SMILES string of the molecule is CCOC(=O)c1ccc(N2C(=O)C[C@@H](N3CCN(Cc4ccc(Cl)cc4Cl)CC3)C2=O)cc1. The summed E-state index contributed by atoms with van der Waals surface area (Å²) >= 11 is 12.3. The maximum Gasteiger partial charge on any atom is 0.338 e. The molecule has 0 spiro atoms. The Labute approximate surface area is 202 Å². The number of hydrogen-bond acceptors (Lipinski definition) is 6. The lowest BCUT2D eigenvalue weighted by atomic mass is 10.1. The lowest BCUT2D eigenvalue weighted by Gasteiger charge is -2.37. The third-order valence-electron chi connectivity index (χ3n) is 6.02. The Bertz CT molecular complexity index is 1050. The van der Waals surface area contributed by atoms with Gasteiger partial charge in [0.1, 0.15) is 0 Å². The molecule has 33 heavy (non-hydrogen) atoms. The summed E-state index contributed by atoms with van der Waals surface area (Å²) in [5.74, 6) is -0.888. The number of anilines is 1. The maximum atomic E-state index is 13.1. The Kier molecular flexibility index (Phi) is 7.34. The number of esters is 1. The van der Waals surface area contributed by atoms with Gasteiger partial charge in [0.05, 0.1) is 30.3 Å². The van der Waals surface area contributed by atoms with Gasteiger partial charge < -0.3 is 4.74 Å². The number of hydrogen-bond donors (Lipinski definition) is 0. The summed E-state index contributed by atoms with van der Waals surface area (Å²) in [7, 11) is 0. The monoisotopic (exact) mass is 489 g/mol. The molecule has 0 saturated carbocycles. The van der Waals surface area contributed by atoms with E-state index in [0.29, 0.717) is 40.9 Å². The molecule has 2 aliphatic rings. The van der Waals surface area contributed by atoms with Crippen molar-refractivity contribution in [2.45, 2.75) is 25.9 Å². The minimum atomic E-state index is -0.469. The average molecular weight is 490 g/mol. The van der Waals surface area contributed by atoms with Crippen LogP contribution in [0.4, 0.5) is 5.69 Å². The van der Waals surface area contributed by atoms with Crippen molar-refractivity contribution in [2.24, 2.45) is 0 Å². The fourth-order valence-corrected chi connectivity index (χ4v) is 4.73. The Morgan fingerprint density at radius 2 is 1.73 bits per heavy atom. The first-order valence-electron chi connectivity index (χ1n) is 10.9. The lowest BCUT2D eigenvalue weighted by Crippen LogP contribution is -2.52. The number of imide groups is 1. The third-order valence-corrected chi connectivity index (χ3v) is 6.60. The highest BCUT2D eigenvalue weighted by atomic mass is 35.5. The van der Waals surface area contributed by atoms with E-state index in [1.807, 2.05) is 12.1 Å². The zero-order valence-corrected chi connectivity index (χ0v) is 19.8. The number of rotatable bonds is 6. The summed E-state index contributed by atoms with van der Waals surface area (Å²) in [6.07, 6.45) is 0.154. The maximum absolute atomic E-state index is 13.1. The largest absolute Gasteiger partial charge is 0.462 e. The highest BCUT2D eigenvalue weighted by Crippen LogP contribution is 2.28. The molecule has 0 N–H and O–H groups in total. The van der Waals surface area contributed by atoms with Crippen LogP contribution in [0.3, 0.4) is 0 Å². The minimum Gasteiger partial charge on any atom is -0.462 e. The van der Waals surface area contributed by atoms with Crippen LogP contribution in [-0.4, -0.2) is 66.4 Å². The van der Waals surface area contributed by atoms with Gasteiger partial charge in [0, 0.05) is 42.8 Å². The highest BCUT2D eigenvalue weighted by Gasteiger charge is 2.43. The number of amides is 2. The molecule has 0 radical (unpaired) electrons. The van der Waals surface area contributed by atoms with Gasteiger partial charge in [0.15, 0.2) is 0 Å². The van der Waals surface area contributed by atoms with Crippen molar-refractivity contribution in [1.29, 1.82) is 0 Å². The second-order valence-corrected chi connectivity index (χ2v) is 8.95. The standard InChI is InChI=1S/C24H25Cl2N3O4/c1-2-33-24(32)16-4-7-19(8-5-16)29-22(30)14-21(23(29)31)28-11-9-27(10-12-28)15-17-3-6-18(25)13-20(17)26/h3-8,13,21H,2,9-12,14-15H2,1H3/t21-/m1/s1. The third kappa shape index (κ3) is 5.22. The summed E-state index contributed by atoms with van der Waals surface area (Å²) < 4.78 is 4.98. The Hall–Kier alpha value is -2.45. The van der Waals surface area contributed by atoms with Gasteiger partial charge in [0.2, 0.25) is 5.91 Å². The van der Waals surface area contributed by atoms with E-state index in [1.165, 1.54) is 4.90 Å². The van der Waals surface area contributed by atoms with E-state index in [0.717, 1.165) is 18.7 Å². The number of carbonyl (C=O) groups is 3. The molecule has 2 heterocycles. The highest BCUT2D eigenvalue weighted by molar-refractivity contribution is 6.35. The van der Waals surface area contributed by atoms with Gasteiger partial charge in [-0.15, -0.1) is 0 Å². The molecule has 7 nitrogen and oxygen atoms in total. The van der Waals surface area contributed by atoms with Crippen LogP contribution in [0.25, 0.3) is 0 Å². The van der Waals surface area contributed by atoms with Crippen LogP contribution in [0.2, 0.25) is 10.0 Å². The molecule has 2 amide bonds. The van der Waals surface area contributed by atoms with Gasteiger partial charge in [-0.3, -0.25) is 19.4 Å². The molecule has 2 aromatic rings. The molecule has 0 unspecified atom stereocenters. The zero-order chi connectivity index (χ0) is 23.5. The average Bonchev–Trinajstić information content (AvgIpc) is 3.10. The quantitative estimate of drug-likeness (QED) is 0.455. The Morgan fingerprint density at radius 3 is 2.36 bits per heavy atom. The first-order chi connectivity index (χ1) is 15.9. The van der Waals surface area contributed by atoms with Gasteiger partial charge in [-0.05, 0) is 48.9 Å². The summed E-state index contributed by atoms with van der Waals surface area (Å²) in [5, 5.41) is 1.25. The second kappa shape index (κ2) is 10.2. The van der Waals surface area contributed by atoms with Crippen LogP contribution >= 0.6 is 23.2 Å². The first kappa shape index (κ1) is 23.7. The number of ether oxygens (including phenoxy) is 1. The second-order valence-electron chi connectivity index (χ2n) is 8.10. The molecule has 0 aliphatic carbocycles. The molecule has 174 valence electrons. The topological polar surface area (TPSA) is 70.2 Å². The van der Waals surface area contributed by atoms with Crippen LogP contribution in [-0.2, 0) is 20.9 Å². The van der Waals surface area contributed by atoms with Crippen LogP contribution in [0.15, 0.2) is 42.5 Å². The van der Waals surface area contributed by atoms with Crippen molar-refractivity contribution in [3.05, 3.63) is 63.6 Å². The van der Waals surface area contributed by atoms with E-state index in [9.17, 15) is 14.4 Å². The van der Waals surface area contributed by atoms with Crippen molar-refractivity contribution < 1.29 is 19.1 Å². The van der Waals surface area contributed by atoms with E-state index in [-0.39, 0.29) is 24.8 Å². The fraction of sp³-hybridized carbons (Fsp3) is 0.375. The Morgan fingerprint density at radius 1 is 1.03 bits per heavy atom. The van der Waals surface area contributed by atoms with E-state index >= 15 is 0 Å². The summed E-state index contributed by atoms with van der Waals surface area (Å²) in [6, 6.07) is 11.4. The van der Waals surface area contributed by atoms with Crippen LogP contribution < -0.4 is 4.90 Å². The number of nitrogens with zero attached hydrogens (tertiary/aromatic N) is 3. The van der Waals surface area contributed by atoms with Gasteiger partial charge in [-0.2, -0.15) is 0 Å². The molecule has 0 bridgehead atoms. The molecule has 2 aliphatic heterocycles. The molecule has 2 aromatic carbocycles. The molecule has 2 saturated heterocycles. The molecule has 0 aromatic heterocycles. The predicted molar refractivity (Wildman–Crippen MR) is 127 cm³/mol. The summed E-state index contributed by atoms with van der Waals surface area (Å²) in [4.78, 5) is 43.2. The number of piperazine rings is 1. The number of carbonyl (C=O) groups excluding carboxylic acids is 3. The molecule has 2 fully saturated rings. The fourth-order valence-electron chi connectivity index (χ4n) is 4.26. The van der Waals surface area contributed by atoms with Gasteiger partial charge in [-0.1, -0.05) is 29.3 Å². The molecular weight excluding hydrogens is 465 g/mol. The van der Waals surface area contributed by atoms with Gasteiger partial charge in [-0.25, -0.2) is 9.69 Å². The zero-order valence-electron chi connectivity index (χ0n) is 18.3. The van der Waals surface area contributed by atoms with Gasteiger partial charge >= 0.3 is 5.97 Å². The molecule has 4 rings (SSSR count).